The predicted molar refractivity (Wildman–Crippen MR) is 138 cm³/mol. The second-order valence-electron chi connectivity index (χ2n) is 8.05. The van der Waals surface area contributed by atoms with Crippen molar-refractivity contribution in [3.63, 3.8) is 0 Å². The average molecular weight is 444 g/mol. The zero-order valence-electron chi connectivity index (χ0n) is 18.1. The standard InChI is InChI=1S/C29H21N3S/c1-20-16-17-26-24(18-20)28(23-14-8-9-15-25(23)30-26)31-29-32(22-12-6-3-7-13-22)27(19-33-29)21-10-4-2-5-11-21/h2-19H,1H3. The molecule has 2 aromatic heterocycles. The molecule has 0 saturated heterocycles. The monoisotopic (exact) mass is 443 g/mol. The lowest BCUT2D eigenvalue weighted by molar-refractivity contribution is 1.01. The van der Waals surface area contributed by atoms with E-state index >= 15 is 0 Å². The molecule has 6 aromatic rings. The Bertz CT molecular complexity index is 1660. The Morgan fingerprint density at radius 1 is 0.727 bits per heavy atom. The quantitative estimate of drug-likeness (QED) is 0.261. The number of aromatic nitrogens is 2. The Kier molecular flexibility index (Phi) is 4.85. The van der Waals surface area contributed by atoms with Crippen LogP contribution in [0.5, 0.6) is 0 Å². The Balaban J connectivity index is 1.72. The number of para-hydroxylation sites is 2. The fourth-order valence-electron chi connectivity index (χ4n) is 4.23. The maximum atomic E-state index is 5.30. The summed E-state index contributed by atoms with van der Waals surface area (Å²) in [4.78, 5) is 11.1. The molecule has 158 valence electrons. The van der Waals surface area contributed by atoms with Crippen molar-refractivity contribution >= 4 is 38.8 Å². The molecule has 0 radical (unpaired) electrons. The Labute approximate surface area is 196 Å². The maximum Gasteiger partial charge on any atom is 0.195 e. The zero-order chi connectivity index (χ0) is 22.2. The van der Waals surface area contributed by atoms with Crippen LogP contribution < -0.4 is 4.80 Å². The molecule has 0 saturated carbocycles. The molecule has 33 heavy (non-hydrogen) atoms. The molecule has 0 bridgehead atoms. The average Bonchev–Trinajstić information content (AvgIpc) is 3.29. The van der Waals surface area contributed by atoms with E-state index in [2.05, 4.69) is 102 Å². The lowest BCUT2D eigenvalue weighted by Crippen LogP contribution is -2.13. The van der Waals surface area contributed by atoms with Crippen LogP contribution in [0.1, 0.15) is 5.56 Å². The maximum absolute atomic E-state index is 5.30. The van der Waals surface area contributed by atoms with Gasteiger partial charge in [-0.05, 0) is 42.8 Å². The van der Waals surface area contributed by atoms with Gasteiger partial charge in [0.1, 0.15) is 0 Å². The summed E-state index contributed by atoms with van der Waals surface area (Å²) >= 11 is 1.66. The molecule has 0 unspecified atom stereocenters. The van der Waals surface area contributed by atoms with Gasteiger partial charge in [0.05, 0.1) is 22.4 Å². The van der Waals surface area contributed by atoms with Crippen molar-refractivity contribution in [2.75, 3.05) is 0 Å². The van der Waals surface area contributed by atoms with Crippen LogP contribution in [0.25, 0.3) is 38.8 Å². The fraction of sp³-hybridized carbons (Fsp3) is 0.0345. The molecule has 0 aliphatic rings. The summed E-state index contributed by atoms with van der Waals surface area (Å²) in [6, 6.07) is 35.6. The van der Waals surface area contributed by atoms with Crippen molar-refractivity contribution in [1.29, 1.82) is 0 Å². The van der Waals surface area contributed by atoms with Crippen LogP contribution >= 0.6 is 11.3 Å². The molecule has 0 aliphatic carbocycles. The van der Waals surface area contributed by atoms with Crippen LogP contribution in [0.15, 0.2) is 114 Å². The molecule has 0 fully saturated rings. The Morgan fingerprint density at radius 3 is 2.24 bits per heavy atom. The van der Waals surface area contributed by atoms with E-state index in [1.165, 1.54) is 11.1 Å². The summed E-state index contributed by atoms with van der Waals surface area (Å²) in [6.45, 7) is 2.11. The molecular formula is C29H21N3S. The van der Waals surface area contributed by atoms with Gasteiger partial charge in [0.25, 0.3) is 0 Å². The summed E-state index contributed by atoms with van der Waals surface area (Å²) in [5.41, 5.74) is 7.47. The third-order valence-corrected chi connectivity index (χ3v) is 6.63. The minimum absolute atomic E-state index is 0.930. The van der Waals surface area contributed by atoms with E-state index in [9.17, 15) is 0 Å². The lowest BCUT2D eigenvalue weighted by Gasteiger charge is -2.11. The van der Waals surface area contributed by atoms with E-state index in [0.717, 1.165) is 43.7 Å². The summed E-state index contributed by atoms with van der Waals surface area (Å²) in [7, 11) is 0. The number of fused-ring (bicyclic) bond motifs is 2. The number of nitrogens with zero attached hydrogens (tertiary/aromatic N) is 3. The molecule has 4 heteroatoms. The molecule has 0 N–H and O–H groups in total. The molecule has 0 amide bonds. The Hall–Kier alpha value is -4.02. The van der Waals surface area contributed by atoms with Crippen molar-refractivity contribution in [2.45, 2.75) is 6.92 Å². The van der Waals surface area contributed by atoms with Crippen LogP contribution in [-0.4, -0.2) is 9.55 Å². The van der Waals surface area contributed by atoms with Gasteiger partial charge in [-0.1, -0.05) is 78.4 Å². The van der Waals surface area contributed by atoms with E-state index in [4.69, 9.17) is 9.98 Å². The van der Waals surface area contributed by atoms with Crippen LogP contribution in [0.2, 0.25) is 0 Å². The van der Waals surface area contributed by atoms with Crippen LogP contribution in [0, 0.1) is 6.92 Å². The summed E-state index contributed by atoms with van der Waals surface area (Å²) in [5, 5.41) is 4.32. The molecule has 4 aromatic carbocycles. The number of hydrogen-bond donors (Lipinski definition) is 0. The Morgan fingerprint density at radius 2 is 1.42 bits per heavy atom. The van der Waals surface area contributed by atoms with Crippen LogP contribution in [-0.2, 0) is 0 Å². The van der Waals surface area contributed by atoms with Crippen molar-refractivity contribution in [1.82, 2.24) is 9.55 Å². The topological polar surface area (TPSA) is 30.2 Å². The highest BCUT2D eigenvalue weighted by molar-refractivity contribution is 7.07. The number of aryl methyl sites for hydroxylation is 1. The van der Waals surface area contributed by atoms with Crippen molar-refractivity contribution in [2.24, 2.45) is 4.99 Å². The fourth-order valence-corrected chi connectivity index (χ4v) is 5.14. The first-order valence-electron chi connectivity index (χ1n) is 10.9. The van der Waals surface area contributed by atoms with Gasteiger partial charge >= 0.3 is 0 Å². The van der Waals surface area contributed by atoms with Gasteiger partial charge in [0.2, 0.25) is 0 Å². The van der Waals surface area contributed by atoms with Gasteiger partial charge in [-0.2, -0.15) is 0 Å². The number of hydrogen-bond acceptors (Lipinski definition) is 3. The van der Waals surface area contributed by atoms with Gasteiger partial charge in [-0.3, -0.25) is 4.57 Å². The van der Waals surface area contributed by atoms with Gasteiger partial charge in [0.15, 0.2) is 4.80 Å². The minimum Gasteiger partial charge on any atom is -0.285 e. The predicted octanol–water partition coefficient (Wildman–Crippen LogP) is 7.45. The first-order chi connectivity index (χ1) is 16.3. The minimum atomic E-state index is 0.930. The van der Waals surface area contributed by atoms with E-state index < -0.39 is 0 Å². The van der Waals surface area contributed by atoms with E-state index in [0.29, 0.717) is 0 Å². The third-order valence-electron chi connectivity index (χ3n) is 5.81. The van der Waals surface area contributed by atoms with E-state index in [1.54, 1.807) is 11.3 Å². The van der Waals surface area contributed by atoms with Gasteiger partial charge in [-0.25, -0.2) is 9.98 Å². The highest BCUT2D eigenvalue weighted by Gasteiger charge is 2.13. The normalized spacial score (nSPS) is 12.0. The highest BCUT2D eigenvalue weighted by Crippen LogP contribution is 2.34. The summed E-state index contributed by atoms with van der Waals surface area (Å²) in [5.74, 6) is 0. The molecule has 3 nitrogen and oxygen atoms in total. The molecule has 6 rings (SSSR count). The van der Waals surface area contributed by atoms with Crippen molar-refractivity contribution in [3.8, 4) is 16.9 Å². The number of benzene rings is 4. The first-order valence-corrected chi connectivity index (χ1v) is 11.8. The van der Waals surface area contributed by atoms with Crippen molar-refractivity contribution in [3.05, 3.63) is 119 Å². The van der Waals surface area contributed by atoms with E-state index in [1.807, 2.05) is 18.2 Å². The molecule has 0 aliphatic heterocycles. The van der Waals surface area contributed by atoms with Crippen molar-refractivity contribution < 1.29 is 0 Å². The number of thiazole rings is 1. The number of rotatable bonds is 3. The molecule has 0 spiro atoms. The largest absolute Gasteiger partial charge is 0.285 e. The van der Waals surface area contributed by atoms with Gasteiger partial charge in [-0.15, -0.1) is 11.3 Å². The summed E-state index contributed by atoms with van der Waals surface area (Å²) < 4.78 is 2.25. The molecule has 0 atom stereocenters. The second kappa shape index (κ2) is 8.15. The second-order valence-corrected chi connectivity index (χ2v) is 8.89. The zero-order valence-corrected chi connectivity index (χ0v) is 19.0. The highest BCUT2D eigenvalue weighted by atomic mass is 32.1. The van der Waals surface area contributed by atoms with Gasteiger partial charge < -0.3 is 0 Å². The van der Waals surface area contributed by atoms with E-state index in [-0.39, 0.29) is 0 Å². The lowest BCUT2D eigenvalue weighted by atomic mass is 10.1. The number of pyridine rings is 1. The van der Waals surface area contributed by atoms with Crippen LogP contribution in [0.4, 0.5) is 5.69 Å². The summed E-state index contributed by atoms with van der Waals surface area (Å²) in [6.07, 6.45) is 0. The van der Waals surface area contributed by atoms with Gasteiger partial charge in [0, 0.05) is 21.8 Å². The smallest absolute Gasteiger partial charge is 0.195 e. The molecular weight excluding hydrogens is 422 g/mol. The SMILES string of the molecule is Cc1ccc2nc3ccccc3c(N=c3scc(-c4ccccc4)n3-c3ccccc3)c2c1. The molecule has 2 heterocycles. The first kappa shape index (κ1) is 19.6. The third kappa shape index (κ3) is 3.55. The van der Waals surface area contributed by atoms with Crippen LogP contribution in [0.3, 0.4) is 0 Å².